The lowest BCUT2D eigenvalue weighted by molar-refractivity contribution is 0.0775. The number of benzene rings is 1. The van der Waals surface area contributed by atoms with E-state index in [2.05, 4.69) is 59.4 Å². The van der Waals surface area contributed by atoms with Crippen LogP contribution in [0, 0.1) is 5.92 Å². The van der Waals surface area contributed by atoms with Crippen LogP contribution in [0.5, 0.6) is 0 Å². The third kappa shape index (κ3) is 8.40. The van der Waals surface area contributed by atoms with Gasteiger partial charge in [-0.15, -0.1) is 24.0 Å². The zero-order valence-corrected chi connectivity index (χ0v) is 18.2. The maximum Gasteiger partial charge on any atom is 0.193 e. The zero-order chi connectivity index (χ0) is 17.2. The Morgan fingerprint density at radius 3 is 2.52 bits per heavy atom. The molecule has 0 aromatic heterocycles. The molecule has 0 spiro atoms. The minimum Gasteiger partial charge on any atom is -0.379 e. The lowest BCUT2D eigenvalue weighted by Gasteiger charge is -2.34. The van der Waals surface area contributed by atoms with Crippen molar-refractivity contribution in [2.75, 3.05) is 33.3 Å². The van der Waals surface area contributed by atoms with Crippen LogP contribution in [0.15, 0.2) is 35.3 Å². The SMILES string of the molecule is CN=C(NCCCOC(C)C)N1CCC(Cc2ccccc2)CC1.I. The lowest BCUT2D eigenvalue weighted by atomic mass is 9.90. The number of guanidine groups is 1. The summed E-state index contributed by atoms with van der Waals surface area (Å²) in [4.78, 5) is 6.84. The van der Waals surface area contributed by atoms with E-state index in [1.807, 2.05) is 7.05 Å². The molecule has 0 radical (unpaired) electrons. The largest absolute Gasteiger partial charge is 0.379 e. The molecule has 0 aliphatic carbocycles. The van der Waals surface area contributed by atoms with E-state index in [0.717, 1.165) is 44.5 Å². The van der Waals surface area contributed by atoms with Gasteiger partial charge in [0.1, 0.15) is 0 Å². The molecule has 0 bridgehead atoms. The maximum absolute atomic E-state index is 5.58. The monoisotopic (exact) mass is 459 g/mol. The van der Waals surface area contributed by atoms with Crippen molar-refractivity contribution in [2.45, 2.75) is 45.6 Å². The first-order chi connectivity index (χ1) is 11.7. The van der Waals surface area contributed by atoms with Gasteiger partial charge in [-0.3, -0.25) is 4.99 Å². The summed E-state index contributed by atoms with van der Waals surface area (Å²) < 4.78 is 5.58. The predicted octanol–water partition coefficient (Wildman–Crippen LogP) is 3.95. The van der Waals surface area contributed by atoms with Gasteiger partial charge in [0, 0.05) is 33.3 Å². The molecule has 1 N–H and O–H groups in total. The topological polar surface area (TPSA) is 36.9 Å². The van der Waals surface area contributed by atoms with Crippen LogP contribution in [-0.2, 0) is 11.2 Å². The Balaban J connectivity index is 0.00000312. The normalized spacial score (nSPS) is 16.0. The smallest absolute Gasteiger partial charge is 0.193 e. The quantitative estimate of drug-likeness (QED) is 0.291. The van der Waals surface area contributed by atoms with Gasteiger partial charge < -0.3 is 15.0 Å². The number of hydrogen-bond acceptors (Lipinski definition) is 2. The number of ether oxygens (including phenoxy) is 1. The highest BCUT2D eigenvalue weighted by Gasteiger charge is 2.21. The van der Waals surface area contributed by atoms with Crippen LogP contribution in [0.4, 0.5) is 0 Å². The first-order valence-corrected chi connectivity index (χ1v) is 9.30. The highest BCUT2D eigenvalue weighted by atomic mass is 127. The third-order valence-electron chi connectivity index (χ3n) is 4.55. The summed E-state index contributed by atoms with van der Waals surface area (Å²) in [5.74, 6) is 1.83. The molecule has 2 rings (SSSR count). The van der Waals surface area contributed by atoms with Gasteiger partial charge in [0.25, 0.3) is 0 Å². The summed E-state index contributed by atoms with van der Waals surface area (Å²) in [5.41, 5.74) is 1.46. The molecule has 0 saturated carbocycles. The summed E-state index contributed by atoms with van der Waals surface area (Å²) in [6.07, 6.45) is 5.01. The van der Waals surface area contributed by atoms with E-state index in [4.69, 9.17) is 4.74 Å². The average molecular weight is 459 g/mol. The Kier molecular flexibility index (Phi) is 11.1. The van der Waals surface area contributed by atoms with Crippen molar-refractivity contribution in [2.24, 2.45) is 10.9 Å². The van der Waals surface area contributed by atoms with Gasteiger partial charge in [0.15, 0.2) is 5.96 Å². The van der Waals surface area contributed by atoms with Gasteiger partial charge in [-0.05, 0) is 51.0 Å². The maximum atomic E-state index is 5.58. The van der Waals surface area contributed by atoms with E-state index in [0.29, 0.717) is 6.10 Å². The lowest BCUT2D eigenvalue weighted by Crippen LogP contribution is -2.46. The van der Waals surface area contributed by atoms with Crippen LogP contribution >= 0.6 is 24.0 Å². The fraction of sp³-hybridized carbons (Fsp3) is 0.650. The molecule has 1 heterocycles. The molecule has 5 heteroatoms. The summed E-state index contributed by atoms with van der Waals surface area (Å²) in [5, 5.41) is 3.47. The molecule has 25 heavy (non-hydrogen) atoms. The second kappa shape index (κ2) is 12.5. The Labute approximate surface area is 170 Å². The van der Waals surface area contributed by atoms with Crippen molar-refractivity contribution >= 4 is 29.9 Å². The highest BCUT2D eigenvalue weighted by molar-refractivity contribution is 14.0. The number of aliphatic imine (C=N–C) groups is 1. The van der Waals surface area contributed by atoms with Crippen molar-refractivity contribution in [3.8, 4) is 0 Å². The first-order valence-electron chi connectivity index (χ1n) is 9.30. The van der Waals surface area contributed by atoms with Gasteiger partial charge in [-0.1, -0.05) is 30.3 Å². The standard InChI is InChI=1S/C20H33N3O.HI/c1-17(2)24-15-7-12-22-20(21-3)23-13-10-19(11-14-23)16-18-8-5-4-6-9-18;/h4-6,8-9,17,19H,7,10-16H2,1-3H3,(H,21,22);1H. The zero-order valence-electron chi connectivity index (χ0n) is 15.9. The predicted molar refractivity (Wildman–Crippen MR) is 117 cm³/mol. The Morgan fingerprint density at radius 1 is 1.24 bits per heavy atom. The van der Waals surface area contributed by atoms with Crippen LogP contribution in [0.3, 0.4) is 0 Å². The Morgan fingerprint density at radius 2 is 1.92 bits per heavy atom. The van der Waals surface area contributed by atoms with Gasteiger partial charge in [0.05, 0.1) is 6.10 Å². The first kappa shape index (κ1) is 22.2. The van der Waals surface area contributed by atoms with E-state index >= 15 is 0 Å². The molecule has 4 nitrogen and oxygen atoms in total. The van der Waals surface area contributed by atoms with Crippen LogP contribution in [0.2, 0.25) is 0 Å². The molecule has 1 aromatic carbocycles. The number of halogens is 1. The van der Waals surface area contributed by atoms with Crippen LogP contribution in [0.1, 0.15) is 38.7 Å². The van der Waals surface area contributed by atoms with Crippen molar-refractivity contribution in [1.82, 2.24) is 10.2 Å². The van der Waals surface area contributed by atoms with Crippen LogP contribution in [-0.4, -0.2) is 50.3 Å². The van der Waals surface area contributed by atoms with E-state index in [9.17, 15) is 0 Å². The van der Waals surface area contributed by atoms with Gasteiger partial charge in [-0.2, -0.15) is 0 Å². The molecule has 0 unspecified atom stereocenters. The molecule has 1 aliphatic rings. The highest BCUT2D eigenvalue weighted by Crippen LogP contribution is 2.21. The number of likely N-dealkylation sites (tertiary alicyclic amines) is 1. The molecule has 0 atom stereocenters. The molecule has 142 valence electrons. The average Bonchev–Trinajstić information content (AvgIpc) is 2.60. The summed E-state index contributed by atoms with van der Waals surface area (Å²) >= 11 is 0. The van der Waals surface area contributed by atoms with Crippen LogP contribution < -0.4 is 5.32 Å². The molecule has 1 fully saturated rings. The van der Waals surface area contributed by atoms with Crippen molar-refractivity contribution < 1.29 is 4.74 Å². The van der Waals surface area contributed by atoms with E-state index in [-0.39, 0.29) is 24.0 Å². The fourth-order valence-corrected chi connectivity index (χ4v) is 3.22. The fourth-order valence-electron chi connectivity index (χ4n) is 3.22. The third-order valence-corrected chi connectivity index (χ3v) is 4.55. The van der Waals surface area contributed by atoms with Crippen molar-refractivity contribution in [1.29, 1.82) is 0 Å². The molecule has 1 aliphatic heterocycles. The van der Waals surface area contributed by atoms with Gasteiger partial charge >= 0.3 is 0 Å². The van der Waals surface area contributed by atoms with E-state index in [1.54, 1.807) is 0 Å². The number of nitrogens with one attached hydrogen (secondary N) is 1. The number of piperidine rings is 1. The molecular weight excluding hydrogens is 425 g/mol. The van der Waals surface area contributed by atoms with Gasteiger partial charge in [-0.25, -0.2) is 0 Å². The van der Waals surface area contributed by atoms with Crippen molar-refractivity contribution in [3.63, 3.8) is 0 Å². The second-order valence-electron chi connectivity index (χ2n) is 6.87. The summed E-state index contributed by atoms with van der Waals surface area (Å²) in [6.45, 7) is 8.07. The Bertz CT molecular complexity index is 485. The summed E-state index contributed by atoms with van der Waals surface area (Å²) in [7, 11) is 1.88. The molecule has 0 amide bonds. The van der Waals surface area contributed by atoms with Crippen LogP contribution in [0.25, 0.3) is 0 Å². The number of hydrogen-bond donors (Lipinski definition) is 1. The minimum atomic E-state index is 0. The Hall–Kier alpha value is -0.820. The van der Waals surface area contributed by atoms with Gasteiger partial charge in [0.2, 0.25) is 0 Å². The minimum absolute atomic E-state index is 0. The van der Waals surface area contributed by atoms with E-state index < -0.39 is 0 Å². The van der Waals surface area contributed by atoms with Crippen molar-refractivity contribution in [3.05, 3.63) is 35.9 Å². The summed E-state index contributed by atoms with van der Waals surface area (Å²) in [6, 6.07) is 10.9. The number of nitrogens with zero attached hydrogens (tertiary/aromatic N) is 2. The number of rotatable bonds is 7. The molecular formula is C20H34IN3O. The second-order valence-corrected chi connectivity index (χ2v) is 6.87. The molecule has 1 saturated heterocycles. The molecule has 1 aromatic rings. The van der Waals surface area contributed by atoms with E-state index in [1.165, 1.54) is 24.8 Å².